The standard InChI is InChI=1S/C18H20O2/c1-4-18(19)16-7-9-17(10-8-16)20-12-15-6-5-13(2)14(3)11-15/h5-11H,4,12H2,1-3H3. The van der Waals surface area contributed by atoms with Crippen LogP contribution in [0.2, 0.25) is 0 Å². The van der Waals surface area contributed by atoms with Crippen LogP contribution in [0, 0.1) is 13.8 Å². The minimum absolute atomic E-state index is 0.158. The van der Waals surface area contributed by atoms with Gasteiger partial charge >= 0.3 is 0 Å². The molecule has 0 bridgehead atoms. The molecule has 0 unspecified atom stereocenters. The Balaban J connectivity index is 2.00. The maximum absolute atomic E-state index is 11.5. The van der Waals surface area contributed by atoms with E-state index in [1.54, 1.807) is 0 Å². The summed E-state index contributed by atoms with van der Waals surface area (Å²) in [7, 11) is 0. The van der Waals surface area contributed by atoms with E-state index in [9.17, 15) is 4.79 Å². The van der Waals surface area contributed by atoms with Gasteiger partial charge in [0, 0.05) is 12.0 Å². The number of Topliss-reactive ketones (excluding diaryl/α,β-unsaturated/α-hetero) is 1. The minimum atomic E-state index is 0.158. The fraction of sp³-hybridized carbons (Fsp3) is 0.278. The Labute approximate surface area is 120 Å². The third kappa shape index (κ3) is 3.47. The van der Waals surface area contributed by atoms with Gasteiger partial charge in [-0.2, -0.15) is 0 Å². The molecule has 0 saturated heterocycles. The number of benzene rings is 2. The van der Waals surface area contributed by atoms with E-state index in [4.69, 9.17) is 4.74 Å². The van der Waals surface area contributed by atoms with E-state index >= 15 is 0 Å². The highest BCUT2D eigenvalue weighted by Gasteiger charge is 2.03. The number of ketones is 1. The summed E-state index contributed by atoms with van der Waals surface area (Å²) in [6.45, 7) is 6.61. The second kappa shape index (κ2) is 6.38. The second-order valence-electron chi connectivity index (χ2n) is 5.01. The van der Waals surface area contributed by atoms with Gasteiger partial charge in [-0.3, -0.25) is 4.79 Å². The van der Waals surface area contributed by atoms with Crippen LogP contribution >= 0.6 is 0 Å². The van der Waals surface area contributed by atoms with Gasteiger partial charge in [-0.15, -0.1) is 0 Å². The monoisotopic (exact) mass is 268 g/mol. The van der Waals surface area contributed by atoms with E-state index in [2.05, 4.69) is 32.0 Å². The van der Waals surface area contributed by atoms with Gasteiger partial charge in [0.15, 0.2) is 5.78 Å². The Bertz CT molecular complexity index is 597. The number of aryl methyl sites for hydroxylation is 2. The molecule has 0 heterocycles. The van der Waals surface area contributed by atoms with Crippen molar-refractivity contribution in [2.24, 2.45) is 0 Å². The lowest BCUT2D eigenvalue weighted by molar-refractivity contribution is 0.0988. The van der Waals surface area contributed by atoms with Crippen molar-refractivity contribution in [3.05, 3.63) is 64.7 Å². The normalized spacial score (nSPS) is 10.3. The summed E-state index contributed by atoms with van der Waals surface area (Å²) < 4.78 is 5.74. The maximum atomic E-state index is 11.5. The quantitative estimate of drug-likeness (QED) is 0.748. The van der Waals surface area contributed by atoms with Crippen molar-refractivity contribution >= 4 is 5.78 Å². The average molecular weight is 268 g/mol. The van der Waals surface area contributed by atoms with E-state index in [0.717, 1.165) is 16.9 Å². The van der Waals surface area contributed by atoms with Crippen molar-refractivity contribution in [1.29, 1.82) is 0 Å². The molecule has 0 aliphatic heterocycles. The lowest BCUT2D eigenvalue weighted by atomic mass is 10.1. The molecule has 104 valence electrons. The summed E-state index contributed by atoms with van der Waals surface area (Å²) in [6.07, 6.45) is 0.531. The van der Waals surface area contributed by atoms with Gasteiger partial charge in [-0.25, -0.2) is 0 Å². The smallest absolute Gasteiger partial charge is 0.162 e. The average Bonchev–Trinajstić information content (AvgIpc) is 2.48. The summed E-state index contributed by atoms with van der Waals surface area (Å²) >= 11 is 0. The molecule has 0 atom stereocenters. The van der Waals surface area contributed by atoms with E-state index in [0.29, 0.717) is 13.0 Å². The van der Waals surface area contributed by atoms with Crippen LogP contribution in [0.1, 0.15) is 40.4 Å². The van der Waals surface area contributed by atoms with Crippen LogP contribution in [0.5, 0.6) is 5.75 Å². The highest BCUT2D eigenvalue weighted by Crippen LogP contribution is 2.16. The van der Waals surface area contributed by atoms with Gasteiger partial charge in [-0.05, 0) is 54.8 Å². The summed E-state index contributed by atoms with van der Waals surface area (Å²) in [5.41, 5.74) is 4.46. The van der Waals surface area contributed by atoms with E-state index in [-0.39, 0.29) is 5.78 Å². The molecule has 2 aromatic carbocycles. The first-order valence-corrected chi connectivity index (χ1v) is 6.92. The third-order valence-electron chi connectivity index (χ3n) is 3.47. The lowest BCUT2D eigenvalue weighted by Gasteiger charge is -2.08. The zero-order valence-corrected chi connectivity index (χ0v) is 12.3. The molecule has 0 aliphatic rings. The van der Waals surface area contributed by atoms with Crippen LogP contribution < -0.4 is 4.74 Å². The Kier molecular flexibility index (Phi) is 4.57. The molecule has 2 rings (SSSR count). The highest BCUT2D eigenvalue weighted by molar-refractivity contribution is 5.95. The number of carbonyl (C=O) groups excluding carboxylic acids is 1. The molecule has 0 spiro atoms. The van der Waals surface area contributed by atoms with E-state index in [1.165, 1.54) is 11.1 Å². The van der Waals surface area contributed by atoms with Crippen LogP contribution in [0.3, 0.4) is 0 Å². The van der Waals surface area contributed by atoms with Gasteiger partial charge in [0.25, 0.3) is 0 Å². The lowest BCUT2D eigenvalue weighted by Crippen LogP contribution is -1.98. The Morgan fingerprint density at radius 2 is 1.70 bits per heavy atom. The largest absolute Gasteiger partial charge is 0.489 e. The molecule has 2 aromatic rings. The molecule has 2 heteroatoms. The van der Waals surface area contributed by atoms with Crippen LogP contribution in [0.25, 0.3) is 0 Å². The zero-order valence-electron chi connectivity index (χ0n) is 12.3. The van der Waals surface area contributed by atoms with Crippen LogP contribution in [-0.2, 0) is 6.61 Å². The highest BCUT2D eigenvalue weighted by atomic mass is 16.5. The summed E-state index contributed by atoms with van der Waals surface area (Å²) in [5, 5.41) is 0. The maximum Gasteiger partial charge on any atom is 0.162 e. The molecule has 0 aromatic heterocycles. The van der Waals surface area contributed by atoms with Crippen molar-refractivity contribution in [2.75, 3.05) is 0 Å². The molecule has 0 aliphatic carbocycles. The molecular formula is C18H20O2. The molecule has 0 radical (unpaired) electrons. The fourth-order valence-corrected chi connectivity index (χ4v) is 2.00. The molecule has 0 N–H and O–H groups in total. The number of rotatable bonds is 5. The first kappa shape index (κ1) is 14.3. The third-order valence-corrected chi connectivity index (χ3v) is 3.47. The molecule has 2 nitrogen and oxygen atoms in total. The van der Waals surface area contributed by atoms with Crippen molar-refractivity contribution in [1.82, 2.24) is 0 Å². The fourth-order valence-electron chi connectivity index (χ4n) is 2.00. The predicted molar refractivity (Wildman–Crippen MR) is 81.3 cm³/mol. The Hall–Kier alpha value is -2.09. The van der Waals surface area contributed by atoms with Gasteiger partial charge in [0.05, 0.1) is 0 Å². The summed E-state index contributed by atoms with van der Waals surface area (Å²) in [5.74, 6) is 0.946. The second-order valence-corrected chi connectivity index (χ2v) is 5.01. The summed E-state index contributed by atoms with van der Waals surface area (Å²) in [6, 6.07) is 13.7. The summed E-state index contributed by atoms with van der Waals surface area (Å²) in [4.78, 5) is 11.5. The van der Waals surface area contributed by atoms with Gasteiger partial charge in [0.1, 0.15) is 12.4 Å². The number of ether oxygens (including phenoxy) is 1. The first-order chi connectivity index (χ1) is 9.60. The van der Waals surface area contributed by atoms with Crippen molar-refractivity contribution in [3.63, 3.8) is 0 Å². The van der Waals surface area contributed by atoms with Gasteiger partial charge in [0.2, 0.25) is 0 Å². The van der Waals surface area contributed by atoms with Crippen LogP contribution in [0.4, 0.5) is 0 Å². The van der Waals surface area contributed by atoms with Crippen molar-refractivity contribution < 1.29 is 9.53 Å². The van der Waals surface area contributed by atoms with Crippen molar-refractivity contribution in [3.8, 4) is 5.75 Å². The molecule has 20 heavy (non-hydrogen) atoms. The first-order valence-electron chi connectivity index (χ1n) is 6.92. The Morgan fingerprint density at radius 3 is 2.30 bits per heavy atom. The number of hydrogen-bond acceptors (Lipinski definition) is 2. The predicted octanol–water partition coefficient (Wildman–Crippen LogP) is 4.48. The SMILES string of the molecule is CCC(=O)c1ccc(OCc2ccc(C)c(C)c2)cc1. The molecule has 0 saturated carbocycles. The van der Waals surface area contributed by atoms with E-state index < -0.39 is 0 Å². The van der Waals surface area contributed by atoms with E-state index in [1.807, 2.05) is 31.2 Å². The molecule has 0 fully saturated rings. The number of hydrogen-bond donors (Lipinski definition) is 0. The zero-order chi connectivity index (χ0) is 14.5. The van der Waals surface area contributed by atoms with Crippen molar-refractivity contribution in [2.45, 2.75) is 33.8 Å². The molecule has 0 amide bonds. The van der Waals surface area contributed by atoms with Crippen LogP contribution in [-0.4, -0.2) is 5.78 Å². The number of carbonyl (C=O) groups is 1. The Morgan fingerprint density at radius 1 is 1.00 bits per heavy atom. The van der Waals surface area contributed by atoms with Gasteiger partial charge in [-0.1, -0.05) is 25.1 Å². The van der Waals surface area contributed by atoms with Gasteiger partial charge < -0.3 is 4.74 Å². The van der Waals surface area contributed by atoms with Crippen LogP contribution in [0.15, 0.2) is 42.5 Å². The molecular weight excluding hydrogens is 248 g/mol. The minimum Gasteiger partial charge on any atom is -0.489 e. The topological polar surface area (TPSA) is 26.3 Å².